The molecule has 1 unspecified atom stereocenters. The molecule has 1 amide bonds. The minimum absolute atomic E-state index is 0.0135. The lowest BCUT2D eigenvalue weighted by Gasteiger charge is -2.39. The Morgan fingerprint density at radius 3 is 2.54 bits per heavy atom. The van der Waals surface area contributed by atoms with Gasteiger partial charge in [-0.1, -0.05) is 37.6 Å². The van der Waals surface area contributed by atoms with Crippen molar-refractivity contribution in [2.24, 2.45) is 0 Å². The third-order valence-electron chi connectivity index (χ3n) is 7.99. The molecule has 1 saturated heterocycles. The van der Waals surface area contributed by atoms with Gasteiger partial charge in [0.15, 0.2) is 0 Å². The van der Waals surface area contributed by atoms with Crippen molar-refractivity contribution in [1.82, 2.24) is 19.8 Å². The first-order valence-corrected chi connectivity index (χ1v) is 15.8. The zero-order valence-corrected chi connectivity index (χ0v) is 26.4. The van der Waals surface area contributed by atoms with Crippen LogP contribution in [0.15, 0.2) is 72.9 Å². The Bertz CT molecular complexity index is 1640. The quantitative estimate of drug-likeness (QED) is 0.172. The number of nitrogens with zero attached hydrogens (tertiary/aromatic N) is 4. The van der Waals surface area contributed by atoms with Crippen LogP contribution in [0, 0.1) is 18.3 Å². The largest absolute Gasteiger partial charge is 0.493 e. The second-order valence-corrected chi connectivity index (χ2v) is 11.3. The lowest BCUT2D eigenvalue weighted by Crippen LogP contribution is -2.50. The number of nitriles is 1. The lowest BCUT2D eigenvalue weighted by molar-refractivity contribution is 0.0559. The fourth-order valence-corrected chi connectivity index (χ4v) is 5.56. The van der Waals surface area contributed by atoms with Crippen LogP contribution in [0.1, 0.15) is 58.8 Å². The van der Waals surface area contributed by atoms with Gasteiger partial charge in [0.1, 0.15) is 41.5 Å². The molecule has 4 aromatic rings. The molecule has 5 rings (SSSR count). The summed E-state index contributed by atoms with van der Waals surface area (Å²) < 4.78 is 17.6. The van der Waals surface area contributed by atoms with Gasteiger partial charge in [0.05, 0.1) is 36.1 Å². The zero-order chi connectivity index (χ0) is 32.3. The number of piperazine rings is 1. The summed E-state index contributed by atoms with van der Waals surface area (Å²) in [6.07, 6.45) is 4.49. The molecule has 2 heterocycles. The highest BCUT2D eigenvalue weighted by Gasteiger charge is 2.30. The molecule has 10 nitrogen and oxygen atoms in total. The molecule has 2 N–H and O–H groups in total. The van der Waals surface area contributed by atoms with E-state index in [0.29, 0.717) is 73.3 Å². The van der Waals surface area contributed by atoms with Gasteiger partial charge in [-0.25, -0.2) is 4.98 Å². The molecule has 1 fully saturated rings. The standard InChI is InChI=1S/C36H41N5O5/c1-3-4-19-45-34-11-6-5-10-31(34)36(43)41-16-14-40(15-17-41)33(32-25-38-26(2)39-32)21-27-12-13-28(24-37)35(22-27)46-30-9-7-8-29(23-30)44-20-18-42/h5-13,22-23,25,33,42H,3-4,14-21H2,1-2H3,(H,38,39). The number of unbranched alkanes of at least 4 members (excludes halogenated alkanes) is 1. The van der Waals surface area contributed by atoms with Gasteiger partial charge in [-0.05, 0) is 61.7 Å². The summed E-state index contributed by atoms with van der Waals surface area (Å²) in [7, 11) is 0. The highest BCUT2D eigenvalue weighted by molar-refractivity contribution is 5.97. The molecule has 0 saturated carbocycles. The van der Waals surface area contributed by atoms with Gasteiger partial charge in [-0.3, -0.25) is 9.69 Å². The molecule has 10 heteroatoms. The number of benzene rings is 3. The predicted octanol–water partition coefficient (Wildman–Crippen LogP) is 5.67. The molecule has 0 bridgehead atoms. The first-order chi connectivity index (χ1) is 22.5. The van der Waals surface area contributed by atoms with E-state index in [4.69, 9.17) is 19.3 Å². The van der Waals surface area contributed by atoms with E-state index in [0.717, 1.165) is 29.9 Å². The van der Waals surface area contributed by atoms with Crippen LogP contribution in [0.2, 0.25) is 0 Å². The number of carbonyl (C=O) groups is 1. The number of aliphatic hydroxyl groups is 1. The first-order valence-electron chi connectivity index (χ1n) is 15.8. The van der Waals surface area contributed by atoms with Crippen molar-refractivity contribution in [3.05, 3.63) is 101 Å². The van der Waals surface area contributed by atoms with Crippen molar-refractivity contribution in [1.29, 1.82) is 5.26 Å². The Labute approximate surface area is 270 Å². The number of carbonyl (C=O) groups excluding carboxylic acids is 1. The maximum atomic E-state index is 13.6. The van der Waals surface area contributed by atoms with E-state index in [-0.39, 0.29) is 25.2 Å². The number of rotatable bonds is 14. The topological polar surface area (TPSA) is 124 Å². The Morgan fingerprint density at radius 2 is 1.80 bits per heavy atom. The maximum absolute atomic E-state index is 13.6. The minimum atomic E-state index is -0.0872. The van der Waals surface area contributed by atoms with Crippen molar-refractivity contribution in [2.75, 3.05) is 46.0 Å². The summed E-state index contributed by atoms with van der Waals surface area (Å²) in [5, 5.41) is 18.9. The predicted molar refractivity (Wildman–Crippen MR) is 174 cm³/mol. The Kier molecular flexibility index (Phi) is 11.3. The van der Waals surface area contributed by atoms with Gasteiger partial charge in [0, 0.05) is 38.4 Å². The second kappa shape index (κ2) is 15.9. The van der Waals surface area contributed by atoms with E-state index in [1.165, 1.54) is 0 Å². The first kappa shape index (κ1) is 32.5. The summed E-state index contributed by atoms with van der Waals surface area (Å²) in [5.41, 5.74) is 3.01. The van der Waals surface area contributed by atoms with Gasteiger partial charge >= 0.3 is 0 Å². The van der Waals surface area contributed by atoms with Crippen LogP contribution in [0.25, 0.3) is 0 Å². The number of H-pyrrole nitrogens is 1. The van der Waals surface area contributed by atoms with Crippen LogP contribution in [0.3, 0.4) is 0 Å². The Balaban J connectivity index is 1.31. The van der Waals surface area contributed by atoms with Crippen LogP contribution < -0.4 is 14.2 Å². The van der Waals surface area contributed by atoms with Crippen LogP contribution >= 0.6 is 0 Å². The minimum Gasteiger partial charge on any atom is -0.493 e. The number of aromatic nitrogens is 2. The molecule has 1 aromatic heterocycles. The van der Waals surface area contributed by atoms with Gasteiger partial charge < -0.3 is 29.2 Å². The van der Waals surface area contributed by atoms with Crippen LogP contribution in [0.4, 0.5) is 0 Å². The molecule has 1 aliphatic rings. The van der Waals surface area contributed by atoms with Crippen molar-refractivity contribution in [3.63, 3.8) is 0 Å². The number of para-hydroxylation sites is 1. The number of nitrogens with one attached hydrogen (secondary N) is 1. The number of imidazole rings is 1. The lowest BCUT2D eigenvalue weighted by atomic mass is 9.99. The molecule has 46 heavy (non-hydrogen) atoms. The second-order valence-electron chi connectivity index (χ2n) is 11.3. The number of ether oxygens (including phenoxy) is 3. The van der Waals surface area contributed by atoms with Gasteiger partial charge in [0.25, 0.3) is 5.91 Å². The van der Waals surface area contributed by atoms with Gasteiger partial charge in [-0.15, -0.1) is 0 Å². The van der Waals surface area contributed by atoms with Crippen molar-refractivity contribution < 1.29 is 24.1 Å². The normalized spacial score (nSPS) is 14.0. The van der Waals surface area contributed by atoms with Crippen LogP contribution in [-0.4, -0.2) is 76.8 Å². The van der Waals surface area contributed by atoms with E-state index < -0.39 is 0 Å². The SMILES string of the molecule is CCCCOc1ccccc1C(=O)N1CCN(C(Cc2ccc(C#N)c(Oc3cccc(OCCO)c3)c2)c2cnc(C)[nH]2)CC1. The molecule has 0 spiro atoms. The molecular weight excluding hydrogens is 582 g/mol. The average Bonchev–Trinajstić information content (AvgIpc) is 3.52. The highest BCUT2D eigenvalue weighted by Crippen LogP contribution is 2.32. The third-order valence-corrected chi connectivity index (χ3v) is 7.99. The summed E-state index contributed by atoms with van der Waals surface area (Å²) in [5.74, 6) is 3.01. The molecule has 1 atom stereocenters. The summed E-state index contributed by atoms with van der Waals surface area (Å²) in [6, 6.07) is 22.5. The van der Waals surface area contributed by atoms with E-state index in [9.17, 15) is 10.1 Å². The molecule has 240 valence electrons. The number of hydrogen-bond donors (Lipinski definition) is 2. The summed E-state index contributed by atoms with van der Waals surface area (Å²) in [6.45, 7) is 7.28. The molecule has 0 radical (unpaired) electrons. The van der Waals surface area contributed by atoms with Crippen LogP contribution in [0.5, 0.6) is 23.0 Å². The third kappa shape index (κ3) is 8.24. The van der Waals surface area contributed by atoms with Gasteiger partial charge in [0.2, 0.25) is 0 Å². The number of aryl methyl sites for hydroxylation is 1. The molecule has 0 aliphatic carbocycles. The van der Waals surface area contributed by atoms with E-state index in [1.807, 2.05) is 54.4 Å². The number of hydrogen-bond acceptors (Lipinski definition) is 8. The molecule has 1 aliphatic heterocycles. The Hall–Kier alpha value is -4.85. The van der Waals surface area contributed by atoms with E-state index >= 15 is 0 Å². The smallest absolute Gasteiger partial charge is 0.257 e. The number of aromatic amines is 1. The Morgan fingerprint density at radius 1 is 1.00 bits per heavy atom. The molecular formula is C36H41N5O5. The fraction of sp³-hybridized carbons (Fsp3) is 0.361. The maximum Gasteiger partial charge on any atom is 0.257 e. The van der Waals surface area contributed by atoms with Crippen molar-refractivity contribution in [2.45, 2.75) is 39.2 Å². The fourth-order valence-electron chi connectivity index (χ4n) is 5.56. The van der Waals surface area contributed by atoms with Crippen LogP contribution in [-0.2, 0) is 6.42 Å². The van der Waals surface area contributed by atoms with Gasteiger partial charge in [-0.2, -0.15) is 5.26 Å². The summed E-state index contributed by atoms with van der Waals surface area (Å²) in [4.78, 5) is 25.7. The van der Waals surface area contributed by atoms with E-state index in [1.54, 1.807) is 30.3 Å². The molecule has 3 aromatic carbocycles. The average molecular weight is 624 g/mol. The van der Waals surface area contributed by atoms with Crippen molar-refractivity contribution >= 4 is 5.91 Å². The number of amides is 1. The number of aliphatic hydroxyl groups excluding tert-OH is 1. The van der Waals surface area contributed by atoms with Crippen molar-refractivity contribution in [3.8, 4) is 29.1 Å². The monoisotopic (exact) mass is 623 g/mol. The highest BCUT2D eigenvalue weighted by atomic mass is 16.5. The van der Waals surface area contributed by atoms with E-state index in [2.05, 4.69) is 27.9 Å². The summed E-state index contributed by atoms with van der Waals surface area (Å²) >= 11 is 0. The zero-order valence-electron chi connectivity index (χ0n) is 26.4.